The zero-order valence-electron chi connectivity index (χ0n) is 13.8. The Morgan fingerprint density at radius 2 is 1.87 bits per heavy atom. The number of nitrogens with zero attached hydrogens (tertiary/aromatic N) is 1. The number of nitrogens with one attached hydrogen (secondary N) is 1. The highest BCUT2D eigenvalue weighted by Crippen LogP contribution is 2.26. The van der Waals surface area contributed by atoms with E-state index in [-0.39, 0.29) is 18.7 Å². The summed E-state index contributed by atoms with van der Waals surface area (Å²) in [4.78, 5) is 33.7. The average Bonchev–Trinajstić information content (AvgIpc) is 2.49. The Morgan fingerprint density at radius 1 is 1.26 bits per heavy atom. The second-order valence-electron chi connectivity index (χ2n) is 6.26. The second-order valence-corrected chi connectivity index (χ2v) is 6.26. The number of hydrogen-bond acceptors (Lipinski definition) is 4. The maximum Gasteiger partial charge on any atom is 0.303 e. The van der Waals surface area contributed by atoms with E-state index in [2.05, 4.69) is 10.5 Å². The molecule has 0 fully saturated rings. The van der Waals surface area contributed by atoms with Gasteiger partial charge in [-0.25, -0.2) is 0 Å². The van der Waals surface area contributed by atoms with Gasteiger partial charge in [0.25, 0.3) is 0 Å². The molecule has 0 aliphatic carbocycles. The van der Waals surface area contributed by atoms with Crippen molar-refractivity contribution in [2.75, 3.05) is 5.32 Å². The molecule has 23 heavy (non-hydrogen) atoms. The molecular formula is C17H24N2O4. The fourth-order valence-corrected chi connectivity index (χ4v) is 2.37. The van der Waals surface area contributed by atoms with Gasteiger partial charge in [0, 0.05) is 17.5 Å². The number of benzene rings is 1. The lowest BCUT2D eigenvalue weighted by Crippen LogP contribution is -2.30. The van der Waals surface area contributed by atoms with Crippen LogP contribution in [-0.2, 0) is 9.59 Å². The molecular weight excluding hydrogens is 296 g/mol. The van der Waals surface area contributed by atoms with Gasteiger partial charge in [-0.2, -0.15) is 4.91 Å². The summed E-state index contributed by atoms with van der Waals surface area (Å²) >= 11 is 0. The van der Waals surface area contributed by atoms with Crippen molar-refractivity contribution in [1.29, 1.82) is 0 Å². The van der Waals surface area contributed by atoms with E-state index in [1.165, 1.54) is 0 Å². The van der Waals surface area contributed by atoms with Crippen molar-refractivity contribution >= 4 is 17.6 Å². The Hall–Kier alpha value is -2.24. The topological polar surface area (TPSA) is 95.8 Å². The summed E-state index contributed by atoms with van der Waals surface area (Å²) in [7, 11) is 0. The van der Waals surface area contributed by atoms with Gasteiger partial charge in [-0.1, -0.05) is 44.5 Å². The molecule has 126 valence electrons. The number of carboxylic acids is 1. The summed E-state index contributed by atoms with van der Waals surface area (Å²) in [5.74, 6) is -1.01. The predicted molar refractivity (Wildman–Crippen MR) is 89.2 cm³/mol. The number of carbonyl (C=O) groups excluding carboxylic acids is 1. The van der Waals surface area contributed by atoms with E-state index in [0.717, 1.165) is 12.8 Å². The first-order valence-corrected chi connectivity index (χ1v) is 7.76. The minimum Gasteiger partial charge on any atom is -0.481 e. The molecule has 0 radical (unpaired) electrons. The van der Waals surface area contributed by atoms with Crippen molar-refractivity contribution in [2.45, 2.75) is 52.5 Å². The Bertz CT molecular complexity index is 552. The van der Waals surface area contributed by atoms with Crippen LogP contribution < -0.4 is 5.32 Å². The van der Waals surface area contributed by atoms with Gasteiger partial charge < -0.3 is 10.4 Å². The molecule has 0 bridgehead atoms. The number of aliphatic carboxylic acids is 1. The van der Waals surface area contributed by atoms with Crippen molar-refractivity contribution in [3.8, 4) is 0 Å². The van der Waals surface area contributed by atoms with Crippen LogP contribution in [0.15, 0.2) is 29.4 Å². The van der Waals surface area contributed by atoms with Gasteiger partial charge in [0.2, 0.25) is 5.91 Å². The molecule has 0 aliphatic heterocycles. The third-order valence-corrected chi connectivity index (χ3v) is 3.80. The molecule has 0 saturated heterocycles. The van der Waals surface area contributed by atoms with Gasteiger partial charge in [-0.15, -0.1) is 0 Å². The maximum atomic E-state index is 12.2. The van der Waals surface area contributed by atoms with E-state index in [0.29, 0.717) is 11.3 Å². The summed E-state index contributed by atoms with van der Waals surface area (Å²) in [5.41, 5.74) is 0.847. The van der Waals surface area contributed by atoms with Crippen LogP contribution in [0, 0.1) is 10.3 Å². The summed E-state index contributed by atoms with van der Waals surface area (Å²) in [6.07, 6.45) is 1.77. The van der Waals surface area contributed by atoms with Gasteiger partial charge in [0.1, 0.15) is 6.04 Å². The zero-order valence-corrected chi connectivity index (χ0v) is 13.8. The Balaban J connectivity index is 2.74. The molecule has 0 aromatic heterocycles. The predicted octanol–water partition coefficient (Wildman–Crippen LogP) is 4.12. The van der Waals surface area contributed by atoms with Gasteiger partial charge in [0.15, 0.2) is 0 Å². The van der Waals surface area contributed by atoms with Crippen LogP contribution in [0.2, 0.25) is 0 Å². The summed E-state index contributed by atoms with van der Waals surface area (Å²) < 4.78 is 0. The molecule has 6 nitrogen and oxygen atoms in total. The first-order valence-electron chi connectivity index (χ1n) is 7.76. The molecule has 1 amide bonds. The maximum absolute atomic E-state index is 12.2. The lowest BCUT2D eigenvalue weighted by molar-refractivity contribution is -0.137. The number of hydrogen-bond donors (Lipinski definition) is 2. The SMILES string of the molecule is CCCC(C)(C)C(=O)Nc1ccc(C(CCC(=O)O)N=O)cc1. The van der Waals surface area contributed by atoms with E-state index in [9.17, 15) is 14.5 Å². The fourth-order valence-electron chi connectivity index (χ4n) is 2.37. The van der Waals surface area contributed by atoms with Crippen LogP contribution in [0.1, 0.15) is 58.1 Å². The molecule has 1 aromatic carbocycles. The van der Waals surface area contributed by atoms with Crippen LogP contribution in [0.3, 0.4) is 0 Å². The van der Waals surface area contributed by atoms with E-state index >= 15 is 0 Å². The van der Waals surface area contributed by atoms with Crippen LogP contribution in [-0.4, -0.2) is 17.0 Å². The van der Waals surface area contributed by atoms with Crippen molar-refractivity contribution in [3.05, 3.63) is 34.7 Å². The lowest BCUT2D eigenvalue weighted by Gasteiger charge is -2.23. The molecule has 0 saturated carbocycles. The number of nitroso groups, excluding NO2 is 1. The quantitative estimate of drug-likeness (QED) is 0.669. The van der Waals surface area contributed by atoms with Crippen LogP contribution in [0.5, 0.6) is 0 Å². The smallest absolute Gasteiger partial charge is 0.303 e. The zero-order chi connectivity index (χ0) is 17.5. The third-order valence-electron chi connectivity index (χ3n) is 3.80. The fraction of sp³-hybridized carbons (Fsp3) is 0.529. The molecule has 1 unspecified atom stereocenters. The van der Waals surface area contributed by atoms with E-state index in [4.69, 9.17) is 5.11 Å². The highest BCUT2D eigenvalue weighted by atomic mass is 16.4. The molecule has 1 atom stereocenters. The van der Waals surface area contributed by atoms with Gasteiger partial charge in [0.05, 0.1) is 0 Å². The second kappa shape index (κ2) is 8.41. The summed E-state index contributed by atoms with van der Waals surface area (Å²) in [6, 6.07) is 6.10. The summed E-state index contributed by atoms with van der Waals surface area (Å²) in [6.45, 7) is 5.84. The number of rotatable bonds is 9. The summed E-state index contributed by atoms with van der Waals surface area (Å²) in [5, 5.41) is 14.5. The monoisotopic (exact) mass is 320 g/mol. The first-order chi connectivity index (χ1) is 10.8. The van der Waals surface area contributed by atoms with E-state index < -0.39 is 17.4 Å². The van der Waals surface area contributed by atoms with Crippen LogP contribution in [0.25, 0.3) is 0 Å². The molecule has 6 heteroatoms. The molecule has 1 rings (SSSR count). The van der Waals surface area contributed by atoms with Crippen LogP contribution in [0.4, 0.5) is 5.69 Å². The number of anilines is 1. The van der Waals surface area contributed by atoms with Crippen molar-refractivity contribution in [1.82, 2.24) is 0 Å². The van der Waals surface area contributed by atoms with Crippen molar-refractivity contribution in [3.63, 3.8) is 0 Å². The van der Waals surface area contributed by atoms with E-state index in [1.807, 2.05) is 20.8 Å². The number of carbonyl (C=O) groups is 2. The molecule has 2 N–H and O–H groups in total. The highest BCUT2D eigenvalue weighted by Gasteiger charge is 2.26. The molecule has 0 heterocycles. The van der Waals surface area contributed by atoms with Crippen LogP contribution >= 0.6 is 0 Å². The first kappa shape index (κ1) is 18.8. The number of carboxylic acid groups (broad SMARTS) is 1. The Morgan fingerprint density at radius 3 is 2.35 bits per heavy atom. The molecule has 1 aromatic rings. The third kappa shape index (κ3) is 5.81. The number of amides is 1. The van der Waals surface area contributed by atoms with Crippen molar-refractivity contribution in [2.24, 2.45) is 10.6 Å². The minimum atomic E-state index is -0.958. The van der Waals surface area contributed by atoms with Gasteiger partial charge in [-0.05, 0) is 30.5 Å². The molecule has 0 spiro atoms. The molecule has 0 aliphatic rings. The van der Waals surface area contributed by atoms with E-state index in [1.54, 1.807) is 24.3 Å². The largest absolute Gasteiger partial charge is 0.481 e. The highest BCUT2D eigenvalue weighted by molar-refractivity contribution is 5.94. The average molecular weight is 320 g/mol. The Labute approximate surface area is 136 Å². The lowest BCUT2D eigenvalue weighted by atomic mass is 9.87. The van der Waals surface area contributed by atoms with Gasteiger partial charge in [-0.3, -0.25) is 9.59 Å². The minimum absolute atomic E-state index is 0.0527. The standard InChI is InChI=1S/C17H24N2O4/c1-4-11-17(2,3)16(22)18-13-7-5-12(6-8-13)14(19-23)9-10-15(20)21/h5-8,14H,4,9-11H2,1-3H3,(H,18,22)(H,20,21). The Kier molecular flexibility index (Phi) is 6.88. The normalized spacial score (nSPS) is 12.5. The van der Waals surface area contributed by atoms with Gasteiger partial charge >= 0.3 is 5.97 Å². The van der Waals surface area contributed by atoms with Crippen molar-refractivity contribution < 1.29 is 14.7 Å².